The van der Waals surface area contributed by atoms with Crippen molar-refractivity contribution in [1.29, 1.82) is 0 Å². The summed E-state index contributed by atoms with van der Waals surface area (Å²) in [5, 5.41) is 0. The Bertz CT molecular complexity index is 484. The molecular weight excluding hydrogens is 272 g/mol. The standard InChI is InChI=1S/C20H30O2/c1-16(2)14-20(22)15-19(5)11-7-9-17(3)8-6-10-18(4)12-13-21/h8,11-14H,6-7,9-10,15H2,1-5H3/b17-8+,18-12-,19-11+. The highest BCUT2D eigenvalue weighted by atomic mass is 16.1. The molecule has 0 rings (SSSR count). The highest BCUT2D eigenvalue weighted by Crippen LogP contribution is 2.12. The molecule has 122 valence electrons. The Labute approximate surface area is 135 Å². The number of carbonyl (C=O) groups is 2. The second kappa shape index (κ2) is 11.9. The van der Waals surface area contributed by atoms with Crippen molar-refractivity contribution in [2.45, 2.75) is 66.7 Å². The van der Waals surface area contributed by atoms with Crippen molar-refractivity contribution in [2.75, 3.05) is 0 Å². The number of hydrogen-bond acceptors (Lipinski definition) is 2. The number of hydrogen-bond donors (Lipinski definition) is 0. The van der Waals surface area contributed by atoms with Gasteiger partial charge in [0, 0.05) is 6.42 Å². The summed E-state index contributed by atoms with van der Waals surface area (Å²) in [5.41, 5.74) is 4.67. The molecule has 0 unspecified atom stereocenters. The third-order valence-corrected chi connectivity index (χ3v) is 3.32. The van der Waals surface area contributed by atoms with Gasteiger partial charge in [-0.05, 0) is 72.5 Å². The zero-order chi connectivity index (χ0) is 17.0. The van der Waals surface area contributed by atoms with Crippen molar-refractivity contribution in [3.05, 3.63) is 46.6 Å². The third-order valence-electron chi connectivity index (χ3n) is 3.32. The predicted molar refractivity (Wildman–Crippen MR) is 94.9 cm³/mol. The van der Waals surface area contributed by atoms with E-state index < -0.39 is 0 Å². The molecule has 0 aliphatic heterocycles. The van der Waals surface area contributed by atoms with E-state index in [1.807, 2.05) is 27.7 Å². The Hall–Kier alpha value is -1.70. The Morgan fingerprint density at radius 1 is 0.818 bits per heavy atom. The lowest BCUT2D eigenvalue weighted by Crippen LogP contribution is -1.94. The van der Waals surface area contributed by atoms with Crippen molar-refractivity contribution >= 4 is 12.1 Å². The molecule has 0 bridgehead atoms. The molecule has 22 heavy (non-hydrogen) atoms. The van der Waals surface area contributed by atoms with Crippen molar-refractivity contribution in [2.24, 2.45) is 0 Å². The van der Waals surface area contributed by atoms with Crippen LogP contribution in [-0.4, -0.2) is 12.1 Å². The van der Waals surface area contributed by atoms with Crippen LogP contribution in [0.4, 0.5) is 0 Å². The molecule has 0 saturated heterocycles. The van der Waals surface area contributed by atoms with Crippen molar-refractivity contribution < 1.29 is 9.59 Å². The minimum atomic E-state index is 0.179. The number of allylic oxidation sites excluding steroid dienone is 8. The number of ketones is 1. The summed E-state index contributed by atoms with van der Waals surface area (Å²) >= 11 is 0. The minimum absolute atomic E-state index is 0.179. The van der Waals surface area contributed by atoms with Crippen LogP contribution in [0.15, 0.2) is 46.6 Å². The van der Waals surface area contributed by atoms with E-state index >= 15 is 0 Å². The summed E-state index contributed by atoms with van der Waals surface area (Å²) in [6.07, 6.45) is 13.0. The van der Waals surface area contributed by atoms with Gasteiger partial charge in [-0.2, -0.15) is 0 Å². The van der Waals surface area contributed by atoms with Crippen LogP contribution in [0, 0.1) is 0 Å². The van der Waals surface area contributed by atoms with Crippen LogP contribution in [-0.2, 0) is 9.59 Å². The molecule has 0 aromatic rings. The van der Waals surface area contributed by atoms with E-state index in [2.05, 4.69) is 19.1 Å². The first kappa shape index (κ1) is 20.3. The highest BCUT2D eigenvalue weighted by molar-refractivity contribution is 5.91. The van der Waals surface area contributed by atoms with Gasteiger partial charge >= 0.3 is 0 Å². The summed E-state index contributed by atoms with van der Waals surface area (Å²) in [4.78, 5) is 22.0. The second-order valence-corrected chi connectivity index (χ2v) is 6.19. The van der Waals surface area contributed by atoms with Gasteiger partial charge in [-0.25, -0.2) is 0 Å². The molecule has 0 heterocycles. The zero-order valence-electron chi connectivity index (χ0n) is 14.7. The Morgan fingerprint density at radius 3 is 1.91 bits per heavy atom. The fourth-order valence-corrected chi connectivity index (χ4v) is 2.11. The molecule has 0 amide bonds. The predicted octanol–water partition coefficient (Wildman–Crippen LogP) is 5.51. The SMILES string of the molecule is CC(C)=CC(=O)C/C(C)=C/CC/C(C)=C/CC/C(C)=C\C=O. The van der Waals surface area contributed by atoms with Crippen LogP contribution in [0.25, 0.3) is 0 Å². The smallest absolute Gasteiger partial charge is 0.159 e. The van der Waals surface area contributed by atoms with E-state index in [0.717, 1.165) is 48.7 Å². The number of rotatable bonds is 10. The van der Waals surface area contributed by atoms with Gasteiger partial charge in [0.05, 0.1) is 0 Å². The summed E-state index contributed by atoms with van der Waals surface area (Å²) in [7, 11) is 0. The topological polar surface area (TPSA) is 34.1 Å². The summed E-state index contributed by atoms with van der Waals surface area (Å²) in [5.74, 6) is 0.179. The van der Waals surface area contributed by atoms with Crippen LogP contribution in [0.3, 0.4) is 0 Å². The summed E-state index contributed by atoms with van der Waals surface area (Å²) < 4.78 is 0. The van der Waals surface area contributed by atoms with Gasteiger partial charge in [-0.3, -0.25) is 9.59 Å². The minimum Gasteiger partial charge on any atom is -0.299 e. The summed E-state index contributed by atoms with van der Waals surface area (Å²) in [6.45, 7) is 10.0. The third kappa shape index (κ3) is 12.1. The molecule has 0 radical (unpaired) electrons. The lowest BCUT2D eigenvalue weighted by Gasteiger charge is -2.02. The summed E-state index contributed by atoms with van der Waals surface area (Å²) in [6, 6.07) is 0. The molecule has 0 aliphatic rings. The average Bonchev–Trinajstić information content (AvgIpc) is 2.37. The molecule has 0 aromatic carbocycles. The monoisotopic (exact) mass is 302 g/mol. The first-order valence-electron chi connectivity index (χ1n) is 7.95. The van der Waals surface area contributed by atoms with Gasteiger partial charge < -0.3 is 0 Å². The van der Waals surface area contributed by atoms with E-state index in [1.165, 1.54) is 5.57 Å². The van der Waals surface area contributed by atoms with E-state index in [4.69, 9.17) is 0 Å². The second-order valence-electron chi connectivity index (χ2n) is 6.19. The molecule has 2 nitrogen and oxygen atoms in total. The Kier molecular flexibility index (Phi) is 11.0. The van der Waals surface area contributed by atoms with Crippen LogP contribution < -0.4 is 0 Å². The molecule has 0 spiro atoms. The normalized spacial score (nSPS) is 13.0. The maximum Gasteiger partial charge on any atom is 0.159 e. The molecule has 0 fully saturated rings. The lowest BCUT2D eigenvalue weighted by molar-refractivity contribution is -0.114. The van der Waals surface area contributed by atoms with Gasteiger partial charge in [-0.15, -0.1) is 0 Å². The largest absolute Gasteiger partial charge is 0.299 e. The number of carbonyl (C=O) groups excluding carboxylic acids is 2. The Morgan fingerprint density at radius 2 is 1.36 bits per heavy atom. The fraction of sp³-hybridized carbons (Fsp3) is 0.500. The van der Waals surface area contributed by atoms with Gasteiger partial charge in [0.1, 0.15) is 6.29 Å². The maximum atomic E-state index is 11.7. The van der Waals surface area contributed by atoms with Crippen LogP contribution in [0.5, 0.6) is 0 Å². The lowest BCUT2D eigenvalue weighted by atomic mass is 10.0. The van der Waals surface area contributed by atoms with Crippen LogP contribution in [0.1, 0.15) is 66.7 Å². The average molecular weight is 302 g/mol. The molecule has 0 atom stereocenters. The molecule has 0 aromatic heterocycles. The fourth-order valence-electron chi connectivity index (χ4n) is 2.11. The molecule has 0 aliphatic carbocycles. The van der Waals surface area contributed by atoms with Crippen LogP contribution >= 0.6 is 0 Å². The van der Waals surface area contributed by atoms with Crippen LogP contribution in [0.2, 0.25) is 0 Å². The molecule has 2 heteroatoms. The van der Waals surface area contributed by atoms with Gasteiger partial charge in [0.25, 0.3) is 0 Å². The van der Waals surface area contributed by atoms with E-state index in [9.17, 15) is 9.59 Å². The first-order chi connectivity index (χ1) is 10.3. The first-order valence-corrected chi connectivity index (χ1v) is 7.95. The quantitative estimate of drug-likeness (QED) is 0.303. The maximum absolute atomic E-state index is 11.7. The van der Waals surface area contributed by atoms with Crippen molar-refractivity contribution in [1.82, 2.24) is 0 Å². The van der Waals surface area contributed by atoms with Crippen molar-refractivity contribution in [3.63, 3.8) is 0 Å². The van der Waals surface area contributed by atoms with E-state index in [-0.39, 0.29) is 5.78 Å². The highest BCUT2D eigenvalue weighted by Gasteiger charge is 1.99. The molecule has 0 saturated carbocycles. The van der Waals surface area contributed by atoms with Gasteiger partial charge in [-0.1, -0.05) is 34.4 Å². The van der Waals surface area contributed by atoms with Gasteiger partial charge in [0.2, 0.25) is 0 Å². The van der Waals surface area contributed by atoms with E-state index in [1.54, 1.807) is 12.2 Å². The Balaban J connectivity index is 4.13. The number of aldehydes is 1. The molecule has 0 N–H and O–H groups in total. The van der Waals surface area contributed by atoms with Crippen molar-refractivity contribution in [3.8, 4) is 0 Å². The van der Waals surface area contributed by atoms with E-state index in [0.29, 0.717) is 6.42 Å². The van der Waals surface area contributed by atoms with Gasteiger partial charge in [0.15, 0.2) is 5.78 Å². The zero-order valence-corrected chi connectivity index (χ0v) is 14.7. The molecular formula is C20H30O2.